The zero-order valence-corrected chi connectivity index (χ0v) is 15.9. The fourth-order valence-electron chi connectivity index (χ4n) is 3.25. The fraction of sp³-hybridized carbons (Fsp3) is 0.300. The average Bonchev–Trinajstić information content (AvgIpc) is 3.13. The molecule has 1 aliphatic rings. The number of aliphatic hydroxyl groups is 1. The summed E-state index contributed by atoms with van der Waals surface area (Å²) in [5, 5.41) is 17.4. The highest BCUT2D eigenvalue weighted by atomic mass is 19.1. The van der Waals surface area contributed by atoms with Crippen LogP contribution in [0.4, 0.5) is 26.1 Å². The number of benzene rings is 1. The van der Waals surface area contributed by atoms with Crippen molar-refractivity contribution in [1.82, 2.24) is 15.3 Å². The molecule has 3 heterocycles. The molecule has 0 spiro atoms. The summed E-state index contributed by atoms with van der Waals surface area (Å²) in [4.78, 5) is 8.69. The van der Waals surface area contributed by atoms with Crippen molar-refractivity contribution in [3.05, 3.63) is 52.9 Å². The first-order valence-electron chi connectivity index (χ1n) is 9.32. The van der Waals surface area contributed by atoms with Crippen LogP contribution in [0, 0.1) is 18.6 Å². The molecule has 0 saturated carbocycles. The quantitative estimate of drug-likeness (QED) is 0.504. The zero-order valence-electron chi connectivity index (χ0n) is 15.9. The predicted octanol–water partition coefficient (Wildman–Crippen LogP) is 3.12. The minimum absolute atomic E-state index is 0.0493. The summed E-state index contributed by atoms with van der Waals surface area (Å²) in [6.45, 7) is 3.32. The second-order valence-corrected chi connectivity index (χ2v) is 6.80. The number of furan rings is 1. The van der Waals surface area contributed by atoms with Crippen LogP contribution >= 0.6 is 0 Å². The standard InChI is InChI=1S/C20H21F2N5O2/c1-11-9-25-20(26-13-7-14(21)19(15(22)8-13)24-4-5-28)27-18(11)17-6-12-10-23-3-2-16(12)29-17/h6-9,23-24,28H,2-5,10H2,1H3,(H,25,26,27). The summed E-state index contributed by atoms with van der Waals surface area (Å²) in [6, 6.07) is 4.24. The van der Waals surface area contributed by atoms with Crippen molar-refractivity contribution in [2.45, 2.75) is 19.9 Å². The molecular weight excluding hydrogens is 380 g/mol. The van der Waals surface area contributed by atoms with E-state index in [4.69, 9.17) is 9.52 Å². The van der Waals surface area contributed by atoms with E-state index in [2.05, 4.69) is 25.9 Å². The van der Waals surface area contributed by atoms with Crippen LogP contribution in [0.25, 0.3) is 11.5 Å². The van der Waals surface area contributed by atoms with Gasteiger partial charge in [0.25, 0.3) is 0 Å². The maximum Gasteiger partial charge on any atom is 0.227 e. The molecule has 152 valence electrons. The Morgan fingerprint density at radius 3 is 2.76 bits per heavy atom. The smallest absolute Gasteiger partial charge is 0.227 e. The number of hydrogen-bond acceptors (Lipinski definition) is 7. The molecule has 0 atom stereocenters. The van der Waals surface area contributed by atoms with E-state index >= 15 is 0 Å². The number of hydrogen-bond donors (Lipinski definition) is 4. The van der Waals surface area contributed by atoms with Crippen LogP contribution in [0.2, 0.25) is 0 Å². The Kier molecular flexibility index (Phi) is 5.41. The van der Waals surface area contributed by atoms with Crippen molar-refractivity contribution in [3.8, 4) is 11.5 Å². The summed E-state index contributed by atoms with van der Waals surface area (Å²) in [6.07, 6.45) is 2.45. The van der Waals surface area contributed by atoms with Gasteiger partial charge in [0.1, 0.15) is 17.1 Å². The van der Waals surface area contributed by atoms with E-state index in [1.165, 1.54) is 0 Å². The average molecular weight is 401 g/mol. The van der Waals surface area contributed by atoms with Crippen LogP contribution in [-0.2, 0) is 13.0 Å². The first kappa shape index (κ1) is 19.3. The van der Waals surface area contributed by atoms with Crippen LogP contribution in [0.3, 0.4) is 0 Å². The van der Waals surface area contributed by atoms with E-state index in [-0.39, 0.29) is 30.5 Å². The fourth-order valence-corrected chi connectivity index (χ4v) is 3.25. The molecule has 0 saturated heterocycles. The lowest BCUT2D eigenvalue weighted by atomic mass is 10.1. The maximum atomic E-state index is 14.2. The van der Waals surface area contributed by atoms with E-state index in [0.29, 0.717) is 11.5 Å². The van der Waals surface area contributed by atoms with Crippen molar-refractivity contribution in [3.63, 3.8) is 0 Å². The molecule has 0 radical (unpaired) electrons. The summed E-state index contributed by atoms with van der Waals surface area (Å²) in [5.41, 5.74) is 2.45. The molecule has 1 aliphatic heterocycles. The lowest BCUT2D eigenvalue weighted by Crippen LogP contribution is -2.22. The van der Waals surface area contributed by atoms with Crippen molar-refractivity contribution in [1.29, 1.82) is 0 Å². The van der Waals surface area contributed by atoms with Crippen LogP contribution in [-0.4, -0.2) is 34.8 Å². The second kappa shape index (κ2) is 8.14. The van der Waals surface area contributed by atoms with E-state index in [0.717, 1.165) is 48.5 Å². The molecule has 0 amide bonds. The lowest BCUT2D eigenvalue weighted by Gasteiger charge is -2.11. The van der Waals surface area contributed by atoms with Crippen molar-refractivity contribution in [2.24, 2.45) is 0 Å². The number of fused-ring (bicyclic) bond motifs is 1. The van der Waals surface area contributed by atoms with Gasteiger partial charge in [-0.1, -0.05) is 0 Å². The summed E-state index contributed by atoms with van der Waals surface area (Å²) in [7, 11) is 0. The highest BCUT2D eigenvalue weighted by Gasteiger charge is 2.18. The first-order valence-corrected chi connectivity index (χ1v) is 9.32. The highest BCUT2D eigenvalue weighted by molar-refractivity contribution is 5.64. The predicted molar refractivity (Wildman–Crippen MR) is 105 cm³/mol. The monoisotopic (exact) mass is 401 g/mol. The van der Waals surface area contributed by atoms with E-state index < -0.39 is 11.6 Å². The Hall–Kier alpha value is -3.04. The number of aryl methyl sites for hydroxylation is 1. The minimum atomic E-state index is -0.778. The number of aliphatic hydroxyl groups excluding tert-OH is 1. The van der Waals surface area contributed by atoms with Gasteiger partial charge >= 0.3 is 0 Å². The molecule has 4 rings (SSSR count). The SMILES string of the molecule is Cc1cnc(Nc2cc(F)c(NCCO)c(F)c2)nc1-c1cc2c(o1)CCNC2. The molecule has 29 heavy (non-hydrogen) atoms. The number of rotatable bonds is 6. The van der Waals surface area contributed by atoms with Gasteiger partial charge < -0.3 is 25.5 Å². The van der Waals surface area contributed by atoms with Gasteiger partial charge in [-0.25, -0.2) is 18.7 Å². The molecule has 0 bridgehead atoms. The third-order valence-corrected chi connectivity index (χ3v) is 4.66. The molecular formula is C20H21F2N5O2. The van der Waals surface area contributed by atoms with Crippen molar-refractivity contribution >= 4 is 17.3 Å². The number of nitrogens with one attached hydrogen (secondary N) is 3. The largest absolute Gasteiger partial charge is 0.459 e. The molecule has 0 aliphatic carbocycles. The van der Waals surface area contributed by atoms with E-state index in [9.17, 15) is 8.78 Å². The van der Waals surface area contributed by atoms with Gasteiger partial charge in [0, 0.05) is 43.5 Å². The van der Waals surface area contributed by atoms with Crippen LogP contribution in [0.15, 0.2) is 28.8 Å². The first-order chi connectivity index (χ1) is 14.0. The Balaban J connectivity index is 1.60. The van der Waals surface area contributed by atoms with Gasteiger partial charge in [-0.05, 0) is 30.7 Å². The Labute approximate surface area is 166 Å². The minimum Gasteiger partial charge on any atom is -0.459 e. The molecule has 3 aromatic rings. The lowest BCUT2D eigenvalue weighted by molar-refractivity contribution is 0.310. The number of aromatic nitrogens is 2. The number of anilines is 3. The molecule has 0 unspecified atom stereocenters. The molecule has 4 N–H and O–H groups in total. The summed E-state index contributed by atoms with van der Waals surface area (Å²) in [5.74, 6) is 0.232. The van der Waals surface area contributed by atoms with Crippen LogP contribution < -0.4 is 16.0 Å². The van der Waals surface area contributed by atoms with Gasteiger partial charge in [-0.15, -0.1) is 0 Å². The Bertz CT molecular complexity index is 991. The van der Waals surface area contributed by atoms with Gasteiger partial charge in [-0.3, -0.25) is 0 Å². The Morgan fingerprint density at radius 2 is 2.03 bits per heavy atom. The normalized spacial score (nSPS) is 13.2. The summed E-state index contributed by atoms with van der Waals surface area (Å²) >= 11 is 0. The molecule has 1 aromatic carbocycles. The number of halogens is 2. The third kappa shape index (κ3) is 4.06. The third-order valence-electron chi connectivity index (χ3n) is 4.66. The zero-order chi connectivity index (χ0) is 20.4. The van der Waals surface area contributed by atoms with Crippen molar-refractivity contribution < 1.29 is 18.3 Å². The summed E-state index contributed by atoms with van der Waals surface area (Å²) < 4.78 is 34.3. The number of nitrogens with zero attached hydrogens (tertiary/aromatic N) is 2. The maximum absolute atomic E-state index is 14.2. The topological polar surface area (TPSA) is 95.2 Å². The van der Waals surface area contributed by atoms with Gasteiger partial charge in [0.2, 0.25) is 5.95 Å². The van der Waals surface area contributed by atoms with E-state index in [1.54, 1.807) is 6.20 Å². The second-order valence-electron chi connectivity index (χ2n) is 6.80. The Morgan fingerprint density at radius 1 is 1.24 bits per heavy atom. The van der Waals surface area contributed by atoms with Gasteiger partial charge in [-0.2, -0.15) is 0 Å². The molecule has 0 fully saturated rings. The van der Waals surface area contributed by atoms with E-state index in [1.807, 2.05) is 13.0 Å². The molecule has 9 heteroatoms. The molecule has 7 nitrogen and oxygen atoms in total. The van der Waals surface area contributed by atoms with Gasteiger partial charge in [0.15, 0.2) is 17.4 Å². The van der Waals surface area contributed by atoms with Crippen molar-refractivity contribution in [2.75, 3.05) is 30.3 Å². The highest BCUT2D eigenvalue weighted by Crippen LogP contribution is 2.30. The molecule has 2 aromatic heterocycles. The van der Waals surface area contributed by atoms with Crippen LogP contribution in [0.5, 0.6) is 0 Å². The van der Waals surface area contributed by atoms with Crippen LogP contribution in [0.1, 0.15) is 16.9 Å². The van der Waals surface area contributed by atoms with Gasteiger partial charge in [0.05, 0.1) is 6.61 Å².